The number of hydrogen-bond donors (Lipinski definition) is 0. The molecule has 7 atom stereocenters. The molecule has 0 aromatic rings. The van der Waals surface area contributed by atoms with Gasteiger partial charge in [-0.15, -0.1) is 0 Å². The lowest BCUT2D eigenvalue weighted by atomic mass is 9.48. The number of carbonyl (C=O) groups excluding carboxylic acids is 1. The van der Waals surface area contributed by atoms with Crippen LogP contribution in [0.1, 0.15) is 73.1 Å². The Morgan fingerprint density at radius 3 is 2.63 bits per heavy atom. The molecular weight excluding hydrogens is 336 g/mol. The van der Waals surface area contributed by atoms with Crippen molar-refractivity contribution < 1.29 is 14.3 Å². The zero-order valence-electron chi connectivity index (χ0n) is 17.5. The van der Waals surface area contributed by atoms with Crippen LogP contribution in [0.25, 0.3) is 0 Å². The highest BCUT2D eigenvalue weighted by Gasteiger charge is 2.60. The quantitative estimate of drug-likeness (QED) is 0.619. The first-order valence-electron chi connectivity index (χ1n) is 10.9. The van der Waals surface area contributed by atoms with Crippen LogP contribution in [0.2, 0.25) is 0 Å². The Balaban J connectivity index is 1.48. The molecule has 5 rings (SSSR count). The fraction of sp³-hybridized carbons (Fsp3) is 0.792. The Kier molecular flexibility index (Phi) is 3.66. The lowest BCUT2D eigenvalue weighted by Gasteiger charge is -2.57. The Hall–Kier alpha value is -1.09. The zero-order chi connectivity index (χ0) is 19.2. The van der Waals surface area contributed by atoms with E-state index in [1.54, 1.807) is 0 Å². The van der Waals surface area contributed by atoms with Crippen molar-refractivity contribution in [3.8, 4) is 0 Å². The first-order chi connectivity index (χ1) is 12.6. The number of allylic oxidation sites excluding steroid dienone is 3. The Labute approximate surface area is 163 Å². The summed E-state index contributed by atoms with van der Waals surface area (Å²) in [5.41, 5.74) is 1.87. The van der Waals surface area contributed by atoms with Crippen LogP contribution < -0.4 is 0 Å². The van der Waals surface area contributed by atoms with Gasteiger partial charge in [0.2, 0.25) is 5.79 Å². The van der Waals surface area contributed by atoms with E-state index in [1.165, 1.54) is 31.3 Å². The van der Waals surface area contributed by atoms with Crippen LogP contribution in [0, 0.1) is 34.5 Å². The molecule has 0 N–H and O–H groups in total. The van der Waals surface area contributed by atoms with E-state index in [0.29, 0.717) is 23.5 Å². The van der Waals surface area contributed by atoms with Crippen molar-refractivity contribution in [2.45, 2.75) is 85.0 Å². The number of hydrogen-bond acceptors (Lipinski definition) is 3. The van der Waals surface area contributed by atoms with Crippen LogP contribution >= 0.6 is 0 Å². The summed E-state index contributed by atoms with van der Waals surface area (Å²) in [7, 11) is 0. The van der Waals surface area contributed by atoms with Gasteiger partial charge in [-0.3, -0.25) is 4.79 Å². The van der Waals surface area contributed by atoms with Crippen molar-refractivity contribution in [3.05, 3.63) is 23.5 Å². The van der Waals surface area contributed by atoms with Gasteiger partial charge < -0.3 is 9.47 Å². The monoisotopic (exact) mass is 370 g/mol. The van der Waals surface area contributed by atoms with Gasteiger partial charge in [-0.1, -0.05) is 19.9 Å². The lowest BCUT2D eigenvalue weighted by molar-refractivity contribution is -0.139. The van der Waals surface area contributed by atoms with Gasteiger partial charge >= 0.3 is 0 Å². The van der Waals surface area contributed by atoms with E-state index < -0.39 is 5.79 Å². The van der Waals surface area contributed by atoms with Gasteiger partial charge in [0.05, 0.1) is 0 Å². The minimum atomic E-state index is -0.508. The molecule has 3 nitrogen and oxygen atoms in total. The molecule has 0 spiro atoms. The average molecular weight is 371 g/mol. The normalized spacial score (nSPS) is 49.7. The standard InChI is InChI=1S/C24H34O3/c1-14(25)17-8-9-18-16-7-6-15-12-20-21(27-22(2,3)26-20)13-24(15,5)19(16)10-11-23(17,18)4/h6,12,16-19,21H,7-11,13H2,1-5H3/t16-,17+,18-,19-,21?,23+,24-/m0/s1. The molecule has 5 aliphatic rings. The Bertz CT molecular complexity index is 747. The summed E-state index contributed by atoms with van der Waals surface area (Å²) in [4.78, 5) is 12.3. The highest BCUT2D eigenvalue weighted by molar-refractivity contribution is 5.79. The number of fused-ring (bicyclic) bond motifs is 6. The van der Waals surface area contributed by atoms with Crippen molar-refractivity contribution in [2.75, 3.05) is 0 Å². The first-order valence-corrected chi connectivity index (χ1v) is 10.9. The molecule has 27 heavy (non-hydrogen) atoms. The molecule has 148 valence electrons. The summed E-state index contributed by atoms with van der Waals surface area (Å²) in [6.45, 7) is 10.7. The van der Waals surface area contributed by atoms with Crippen LogP contribution in [0.3, 0.4) is 0 Å². The molecule has 1 saturated heterocycles. The minimum absolute atomic E-state index is 0.0998. The van der Waals surface area contributed by atoms with E-state index in [1.807, 2.05) is 20.8 Å². The van der Waals surface area contributed by atoms with Gasteiger partial charge in [-0.05, 0) is 85.7 Å². The summed E-state index contributed by atoms with van der Waals surface area (Å²) in [6.07, 6.45) is 11.9. The third kappa shape index (κ3) is 2.39. The molecule has 0 radical (unpaired) electrons. The summed E-state index contributed by atoms with van der Waals surface area (Å²) in [6, 6.07) is 0. The molecule has 1 aliphatic heterocycles. The minimum Gasteiger partial charge on any atom is -0.465 e. The van der Waals surface area contributed by atoms with Crippen LogP contribution in [0.5, 0.6) is 0 Å². The van der Waals surface area contributed by atoms with E-state index in [0.717, 1.165) is 18.6 Å². The zero-order valence-corrected chi connectivity index (χ0v) is 17.5. The van der Waals surface area contributed by atoms with Gasteiger partial charge in [0.25, 0.3) is 0 Å². The second kappa shape index (κ2) is 5.49. The summed E-state index contributed by atoms with van der Waals surface area (Å²) >= 11 is 0. The van der Waals surface area contributed by atoms with E-state index in [9.17, 15) is 4.79 Å². The number of ketones is 1. The van der Waals surface area contributed by atoms with Crippen molar-refractivity contribution in [2.24, 2.45) is 34.5 Å². The number of ether oxygens (including phenoxy) is 2. The highest BCUT2D eigenvalue weighted by atomic mass is 16.7. The van der Waals surface area contributed by atoms with Gasteiger partial charge in [0, 0.05) is 19.8 Å². The maximum Gasteiger partial charge on any atom is 0.205 e. The second-order valence-corrected chi connectivity index (χ2v) is 10.8. The van der Waals surface area contributed by atoms with Crippen molar-refractivity contribution in [1.82, 2.24) is 0 Å². The molecule has 1 heterocycles. The molecule has 0 amide bonds. The third-order valence-corrected chi connectivity index (χ3v) is 9.03. The van der Waals surface area contributed by atoms with Gasteiger partial charge in [-0.2, -0.15) is 0 Å². The van der Waals surface area contributed by atoms with Crippen LogP contribution in [-0.4, -0.2) is 17.7 Å². The van der Waals surface area contributed by atoms with Crippen LogP contribution in [-0.2, 0) is 14.3 Å². The molecule has 4 aliphatic carbocycles. The van der Waals surface area contributed by atoms with E-state index in [4.69, 9.17) is 9.47 Å². The molecule has 3 fully saturated rings. The topological polar surface area (TPSA) is 35.5 Å². The van der Waals surface area contributed by atoms with Crippen molar-refractivity contribution in [1.29, 1.82) is 0 Å². The lowest BCUT2D eigenvalue weighted by Crippen LogP contribution is -2.51. The molecule has 0 bridgehead atoms. The SMILES string of the molecule is CC(=O)[C@H]1CC[C@H]2[C@@H]3CC=C4C=C5OC(C)(C)OC5C[C@]4(C)[C@H]3CC[C@]12C. The second-order valence-electron chi connectivity index (χ2n) is 10.8. The molecule has 3 heteroatoms. The number of rotatable bonds is 1. The van der Waals surface area contributed by atoms with Crippen molar-refractivity contribution in [3.63, 3.8) is 0 Å². The summed E-state index contributed by atoms with van der Waals surface area (Å²) in [5.74, 6) is 3.33. The molecular formula is C24H34O3. The van der Waals surface area contributed by atoms with E-state index in [2.05, 4.69) is 26.0 Å². The highest BCUT2D eigenvalue weighted by Crippen LogP contribution is 2.66. The van der Waals surface area contributed by atoms with Crippen LogP contribution in [0.4, 0.5) is 0 Å². The Morgan fingerprint density at radius 1 is 1.11 bits per heavy atom. The Morgan fingerprint density at radius 2 is 1.89 bits per heavy atom. The maximum atomic E-state index is 12.3. The van der Waals surface area contributed by atoms with E-state index in [-0.39, 0.29) is 22.9 Å². The predicted molar refractivity (Wildman–Crippen MR) is 105 cm³/mol. The molecule has 0 aromatic carbocycles. The number of Topliss-reactive ketones (excluding diaryl/α,β-unsaturated/α-hetero) is 1. The first kappa shape index (κ1) is 18.0. The third-order valence-electron chi connectivity index (χ3n) is 9.03. The predicted octanol–water partition coefficient (Wildman–Crippen LogP) is 5.41. The van der Waals surface area contributed by atoms with Gasteiger partial charge in [0.1, 0.15) is 17.6 Å². The fourth-order valence-electron chi connectivity index (χ4n) is 7.86. The summed E-state index contributed by atoms with van der Waals surface area (Å²) in [5, 5.41) is 0. The van der Waals surface area contributed by atoms with Crippen molar-refractivity contribution >= 4 is 5.78 Å². The van der Waals surface area contributed by atoms with Gasteiger partial charge in [0.15, 0.2) is 0 Å². The summed E-state index contributed by atoms with van der Waals surface area (Å²) < 4.78 is 12.3. The molecule has 1 unspecified atom stereocenters. The molecule has 0 aromatic heterocycles. The molecule has 2 saturated carbocycles. The smallest absolute Gasteiger partial charge is 0.205 e. The fourth-order valence-corrected chi connectivity index (χ4v) is 7.86. The number of carbonyl (C=O) groups is 1. The maximum absolute atomic E-state index is 12.3. The van der Waals surface area contributed by atoms with Gasteiger partial charge in [-0.25, -0.2) is 0 Å². The van der Waals surface area contributed by atoms with E-state index >= 15 is 0 Å². The largest absolute Gasteiger partial charge is 0.465 e. The van der Waals surface area contributed by atoms with Crippen LogP contribution in [0.15, 0.2) is 23.5 Å². The average Bonchev–Trinajstić information content (AvgIpc) is 3.06.